The van der Waals surface area contributed by atoms with E-state index in [0.29, 0.717) is 18.7 Å². The molecule has 0 fully saturated rings. The SMILES string of the molecule is COc1ccc(CCN2C(=O)C(O)=C(C(=O)C(C)(C)C)C2c2ccc(OC)cc2)cc1. The smallest absolute Gasteiger partial charge is 0.290 e. The van der Waals surface area contributed by atoms with Crippen LogP contribution in [0, 0.1) is 5.41 Å². The summed E-state index contributed by atoms with van der Waals surface area (Å²) in [7, 11) is 3.19. The fourth-order valence-electron chi connectivity index (χ4n) is 3.69. The normalized spacial score (nSPS) is 16.6. The number of ether oxygens (including phenoxy) is 2. The molecule has 6 nitrogen and oxygen atoms in total. The Morgan fingerprint density at radius 1 is 0.968 bits per heavy atom. The molecule has 1 N–H and O–H groups in total. The standard InChI is InChI=1S/C25H29NO5/c1-25(2,3)23(28)20-21(17-8-12-19(31-5)13-9-17)26(24(29)22(20)27)15-14-16-6-10-18(30-4)11-7-16/h6-13,21,27H,14-15H2,1-5H3. The van der Waals surface area contributed by atoms with Crippen LogP contribution in [0.4, 0.5) is 0 Å². The molecule has 1 amide bonds. The molecular weight excluding hydrogens is 394 g/mol. The minimum Gasteiger partial charge on any atom is -0.503 e. The predicted molar refractivity (Wildman–Crippen MR) is 118 cm³/mol. The molecule has 6 heteroatoms. The number of ketones is 1. The maximum atomic E-state index is 13.2. The van der Waals surface area contributed by atoms with Crippen LogP contribution in [0.3, 0.4) is 0 Å². The van der Waals surface area contributed by atoms with Gasteiger partial charge in [-0.25, -0.2) is 0 Å². The number of hydrogen-bond donors (Lipinski definition) is 1. The fourth-order valence-corrected chi connectivity index (χ4v) is 3.69. The molecule has 2 aromatic rings. The molecule has 0 saturated heterocycles. The number of aliphatic hydroxyl groups excluding tert-OH is 1. The van der Waals surface area contributed by atoms with Gasteiger partial charge in [-0.3, -0.25) is 9.59 Å². The van der Waals surface area contributed by atoms with Gasteiger partial charge in [0.2, 0.25) is 0 Å². The summed E-state index contributed by atoms with van der Waals surface area (Å²) in [4.78, 5) is 27.8. The molecule has 1 atom stereocenters. The van der Waals surface area contributed by atoms with Gasteiger partial charge in [0.05, 0.1) is 25.8 Å². The minimum absolute atomic E-state index is 0.150. The summed E-state index contributed by atoms with van der Waals surface area (Å²) in [6.45, 7) is 5.70. The Morgan fingerprint density at radius 2 is 1.48 bits per heavy atom. The second-order valence-corrected chi connectivity index (χ2v) is 8.61. The van der Waals surface area contributed by atoms with Crippen LogP contribution in [0.5, 0.6) is 11.5 Å². The van der Waals surface area contributed by atoms with Gasteiger partial charge in [-0.2, -0.15) is 0 Å². The Morgan fingerprint density at radius 3 is 1.97 bits per heavy atom. The molecule has 1 aliphatic heterocycles. The average molecular weight is 424 g/mol. The molecule has 0 aromatic heterocycles. The lowest BCUT2D eigenvalue weighted by molar-refractivity contribution is -0.129. The van der Waals surface area contributed by atoms with Crippen LogP contribution in [0.1, 0.15) is 37.9 Å². The van der Waals surface area contributed by atoms with Crippen molar-refractivity contribution in [3.05, 3.63) is 71.0 Å². The number of rotatable bonds is 7. The number of nitrogens with zero attached hydrogens (tertiary/aromatic N) is 1. The van der Waals surface area contributed by atoms with E-state index in [4.69, 9.17) is 9.47 Å². The summed E-state index contributed by atoms with van der Waals surface area (Å²) < 4.78 is 10.4. The van der Waals surface area contributed by atoms with Crippen molar-refractivity contribution in [2.45, 2.75) is 33.2 Å². The highest BCUT2D eigenvalue weighted by Gasteiger charge is 2.45. The zero-order chi connectivity index (χ0) is 22.8. The highest BCUT2D eigenvalue weighted by atomic mass is 16.5. The number of amides is 1. The van der Waals surface area contributed by atoms with Gasteiger partial charge in [-0.15, -0.1) is 0 Å². The summed E-state index contributed by atoms with van der Waals surface area (Å²) in [5.41, 5.74) is 1.19. The highest BCUT2D eigenvalue weighted by Crippen LogP contribution is 2.41. The van der Waals surface area contributed by atoms with Gasteiger partial charge in [0.25, 0.3) is 5.91 Å². The summed E-state index contributed by atoms with van der Waals surface area (Å²) in [5.74, 6) is 0.202. The molecule has 0 bridgehead atoms. The second kappa shape index (κ2) is 8.84. The third kappa shape index (κ3) is 4.58. The van der Waals surface area contributed by atoms with Gasteiger partial charge in [0.15, 0.2) is 11.5 Å². The molecule has 1 aliphatic rings. The molecule has 164 valence electrons. The molecule has 0 saturated carbocycles. The van der Waals surface area contributed by atoms with E-state index in [-0.39, 0.29) is 11.4 Å². The number of methoxy groups -OCH3 is 2. The first kappa shape index (κ1) is 22.4. The van der Waals surface area contributed by atoms with E-state index in [1.165, 1.54) is 0 Å². The molecule has 31 heavy (non-hydrogen) atoms. The largest absolute Gasteiger partial charge is 0.503 e. The number of carbonyl (C=O) groups is 2. The van der Waals surface area contributed by atoms with Crippen LogP contribution >= 0.6 is 0 Å². The average Bonchev–Trinajstić information content (AvgIpc) is 3.01. The summed E-state index contributed by atoms with van der Waals surface area (Å²) in [5, 5.41) is 10.7. The van der Waals surface area contributed by atoms with Crippen LogP contribution in [0.25, 0.3) is 0 Å². The Balaban J connectivity index is 1.95. The van der Waals surface area contributed by atoms with E-state index in [0.717, 1.165) is 16.9 Å². The predicted octanol–water partition coefficient (Wildman–Crippen LogP) is 4.26. The topological polar surface area (TPSA) is 76.1 Å². The van der Waals surface area contributed by atoms with Crippen molar-refractivity contribution in [3.8, 4) is 11.5 Å². The second-order valence-electron chi connectivity index (χ2n) is 8.61. The maximum Gasteiger partial charge on any atom is 0.290 e. The number of aliphatic hydroxyl groups is 1. The van der Waals surface area contributed by atoms with Crippen LogP contribution in [0.15, 0.2) is 59.9 Å². The van der Waals surface area contributed by atoms with E-state index >= 15 is 0 Å². The summed E-state index contributed by atoms with van der Waals surface area (Å²) >= 11 is 0. The number of benzene rings is 2. The lowest BCUT2D eigenvalue weighted by atomic mass is 9.82. The Kier molecular flexibility index (Phi) is 6.39. The fraction of sp³-hybridized carbons (Fsp3) is 0.360. The Bertz CT molecular complexity index is 984. The quantitative estimate of drug-likeness (QED) is 0.720. The van der Waals surface area contributed by atoms with Crippen molar-refractivity contribution in [3.63, 3.8) is 0 Å². The number of Topliss-reactive ketones (excluding diaryl/α,β-unsaturated/α-hetero) is 1. The zero-order valence-corrected chi connectivity index (χ0v) is 18.6. The Labute approximate surface area is 183 Å². The monoisotopic (exact) mass is 423 g/mol. The van der Waals surface area contributed by atoms with Crippen molar-refractivity contribution in [1.82, 2.24) is 4.90 Å². The van der Waals surface area contributed by atoms with Gasteiger partial charge in [0, 0.05) is 12.0 Å². The van der Waals surface area contributed by atoms with Crippen molar-refractivity contribution >= 4 is 11.7 Å². The van der Waals surface area contributed by atoms with E-state index in [1.807, 2.05) is 36.4 Å². The van der Waals surface area contributed by atoms with E-state index < -0.39 is 23.1 Å². The first-order chi connectivity index (χ1) is 14.7. The first-order valence-corrected chi connectivity index (χ1v) is 10.2. The first-order valence-electron chi connectivity index (χ1n) is 10.2. The number of hydrogen-bond acceptors (Lipinski definition) is 5. The van der Waals surface area contributed by atoms with Gasteiger partial charge in [-0.1, -0.05) is 45.0 Å². The summed E-state index contributed by atoms with van der Waals surface area (Å²) in [6.07, 6.45) is 0.576. The van der Waals surface area contributed by atoms with Crippen molar-refractivity contribution in [2.24, 2.45) is 5.41 Å². The molecule has 0 spiro atoms. The molecule has 0 radical (unpaired) electrons. The van der Waals surface area contributed by atoms with Gasteiger partial charge >= 0.3 is 0 Å². The van der Waals surface area contributed by atoms with Crippen LogP contribution in [-0.2, 0) is 16.0 Å². The van der Waals surface area contributed by atoms with Crippen molar-refractivity contribution in [1.29, 1.82) is 0 Å². The van der Waals surface area contributed by atoms with E-state index in [1.54, 1.807) is 52.0 Å². The molecular formula is C25H29NO5. The molecule has 0 aliphatic carbocycles. The molecule has 1 heterocycles. The third-order valence-electron chi connectivity index (χ3n) is 5.46. The zero-order valence-electron chi connectivity index (χ0n) is 18.6. The van der Waals surface area contributed by atoms with Crippen molar-refractivity contribution in [2.75, 3.05) is 20.8 Å². The third-order valence-corrected chi connectivity index (χ3v) is 5.46. The molecule has 3 rings (SSSR count). The lowest BCUT2D eigenvalue weighted by Gasteiger charge is -2.29. The van der Waals surface area contributed by atoms with Gasteiger partial charge < -0.3 is 19.5 Å². The van der Waals surface area contributed by atoms with Crippen LogP contribution in [-0.4, -0.2) is 42.5 Å². The van der Waals surface area contributed by atoms with Crippen molar-refractivity contribution < 1.29 is 24.2 Å². The molecule has 1 unspecified atom stereocenters. The van der Waals surface area contributed by atoms with Gasteiger partial charge in [0.1, 0.15) is 11.5 Å². The lowest BCUT2D eigenvalue weighted by Crippen LogP contribution is -2.34. The number of carbonyl (C=O) groups excluding carboxylic acids is 2. The highest BCUT2D eigenvalue weighted by molar-refractivity contribution is 6.10. The van der Waals surface area contributed by atoms with E-state index in [2.05, 4.69) is 0 Å². The Hall–Kier alpha value is -3.28. The minimum atomic E-state index is -0.736. The van der Waals surface area contributed by atoms with E-state index in [9.17, 15) is 14.7 Å². The van der Waals surface area contributed by atoms with Crippen LogP contribution in [0.2, 0.25) is 0 Å². The summed E-state index contributed by atoms with van der Waals surface area (Å²) in [6, 6.07) is 14.2. The van der Waals surface area contributed by atoms with Gasteiger partial charge in [-0.05, 0) is 41.8 Å². The maximum absolute atomic E-state index is 13.2. The van der Waals surface area contributed by atoms with Crippen LogP contribution < -0.4 is 9.47 Å². The molecule has 2 aromatic carbocycles.